The van der Waals surface area contributed by atoms with Crippen LogP contribution in [-0.4, -0.2) is 42.4 Å². The fourth-order valence-electron chi connectivity index (χ4n) is 1.58. The molecule has 0 spiro atoms. The zero-order valence-electron chi connectivity index (χ0n) is 10.3. The summed E-state index contributed by atoms with van der Waals surface area (Å²) in [4.78, 5) is 21.6. The lowest BCUT2D eigenvalue weighted by Crippen LogP contribution is -2.46. The summed E-state index contributed by atoms with van der Waals surface area (Å²) in [6.07, 6.45) is 0.872. The van der Waals surface area contributed by atoms with Crippen LogP contribution in [0.4, 0.5) is 0 Å². The summed E-state index contributed by atoms with van der Waals surface area (Å²) in [5, 5.41) is 10.4. The number of sulfone groups is 1. The average molecular weight is 265 g/mol. The first-order valence-electron chi connectivity index (χ1n) is 5.46. The van der Waals surface area contributed by atoms with E-state index in [-0.39, 0.29) is 0 Å². The van der Waals surface area contributed by atoms with Gasteiger partial charge in [-0.3, -0.25) is 4.79 Å². The fraction of sp³-hybridized carbons (Fsp3) is 0.800. The van der Waals surface area contributed by atoms with Gasteiger partial charge in [-0.1, -0.05) is 13.8 Å². The van der Waals surface area contributed by atoms with E-state index >= 15 is 0 Å². The Balaban J connectivity index is 4.86. The molecule has 0 aliphatic rings. The number of carbonyl (C=O) groups is 2. The van der Waals surface area contributed by atoms with E-state index in [1.165, 1.54) is 0 Å². The van der Waals surface area contributed by atoms with E-state index in [2.05, 4.69) is 5.32 Å². The maximum Gasteiger partial charge on any atom is 0.327 e. The van der Waals surface area contributed by atoms with E-state index < -0.39 is 38.8 Å². The van der Waals surface area contributed by atoms with Gasteiger partial charge in [0, 0.05) is 6.92 Å². The van der Waals surface area contributed by atoms with Gasteiger partial charge in [0.05, 0.1) is 11.0 Å². The molecule has 1 atom stereocenters. The fourth-order valence-corrected chi connectivity index (χ4v) is 3.56. The van der Waals surface area contributed by atoms with Crippen molar-refractivity contribution in [3.8, 4) is 0 Å². The summed E-state index contributed by atoms with van der Waals surface area (Å²) in [6, 6.07) is -1.38. The van der Waals surface area contributed by atoms with Crippen LogP contribution < -0.4 is 5.32 Å². The summed E-state index contributed by atoms with van der Waals surface area (Å²) in [6.45, 7) is 4.62. The van der Waals surface area contributed by atoms with Crippen molar-refractivity contribution < 1.29 is 23.1 Å². The first kappa shape index (κ1) is 15.9. The average Bonchev–Trinajstić information content (AvgIpc) is 2.16. The molecule has 7 heteroatoms. The normalized spacial score (nSPS) is 13.4. The second kappa shape index (κ2) is 6.58. The molecule has 17 heavy (non-hydrogen) atoms. The second-order valence-electron chi connectivity index (χ2n) is 3.86. The summed E-state index contributed by atoms with van der Waals surface area (Å²) < 4.78 is 23.7. The van der Waals surface area contributed by atoms with Crippen molar-refractivity contribution in [2.24, 2.45) is 0 Å². The van der Waals surface area contributed by atoms with E-state index in [9.17, 15) is 18.0 Å². The van der Waals surface area contributed by atoms with Crippen molar-refractivity contribution in [1.29, 1.82) is 0 Å². The molecule has 6 nitrogen and oxygen atoms in total. The third-order valence-corrected chi connectivity index (χ3v) is 4.97. The van der Waals surface area contributed by atoms with Crippen LogP contribution in [0.15, 0.2) is 0 Å². The molecule has 0 radical (unpaired) electrons. The number of carboxylic acid groups (broad SMARTS) is 1. The molecule has 0 aromatic heterocycles. The van der Waals surface area contributed by atoms with Crippen LogP contribution in [0, 0.1) is 0 Å². The highest BCUT2D eigenvalue weighted by atomic mass is 32.2. The highest BCUT2D eigenvalue weighted by Gasteiger charge is 2.30. The van der Waals surface area contributed by atoms with E-state index in [0.29, 0.717) is 12.8 Å². The molecule has 0 saturated heterocycles. The van der Waals surface area contributed by atoms with Crippen molar-refractivity contribution in [3.05, 3.63) is 0 Å². The Labute approximate surface area is 101 Å². The molecular weight excluding hydrogens is 246 g/mol. The van der Waals surface area contributed by atoms with Crippen LogP contribution >= 0.6 is 0 Å². The Bertz CT molecular complexity index is 372. The molecule has 0 heterocycles. The largest absolute Gasteiger partial charge is 0.480 e. The summed E-state index contributed by atoms with van der Waals surface area (Å²) in [7, 11) is -3.51. The van der Waals surface area contributed by atoms with Crippen LogP contribution in [0.3, 0.4) is 0 Å². The Kier molecular flexibility index (Phi) is 6.15. The van der Waals surface area contributed by atoms with Gasteiger partial charge in [0.2, 0.25) is 5.91 Å². The van der Waals surface area contributed by atoms with Crippen molar-refractivity contribution in [2.75, 3.05) is 5.75 Å². The van der Waals surface area contributed by atoms with Gasteiger partial charge in [0.15, 0.2) is 9.84 Å². The molecule has 0 bridgehead atoms. The van der Waals surface area contributed by atoms with E-state index in [1.807, 2.05) is 0 Å². The van der Waals surface area contributed by atoms with Crippen LogP contribution in [-0.2, 0) is 19.4 Å². The molecule has 0 aliphatic heterocycles. The predicted molar refractivity (Wildman–Crippen MR) is 63.4 cm³/mol. The van der Waals surface area contributed by atoms with Crippen molar-refractivity contribution in [3.63, 3.8) is 0 Å². The van der Waals surface area contributed by atoms with Gasteiger partial charge in [0.1, 0.15) is 6.04 Å². The zero-order valence-corrected chi connectivity index (χ0v) is 11.1. The Morgan fingerprint density at radius 2 is 1.71 bits per heavy atom. The van der Waals surface area contributed by atoms with Gasteiger partial charge in [-0.25, -0.2) is 13.2 Å². The predicted octanol–water partition coefficient (Wildman–Crippen LogP) is 0.179. The quantitative estimate of drug-likeness (QED) is 0.684. The van der Waals surface area contributed by atoms with Gasteiger partial charge in [0.25, 0.3) is 0 Å². The van der Waals surface area contributed by atoms with E-state index in [0.717, 1.165) is 6.92 Å². The lowest BCUT2D eigenvalue weighted by Gasteiger charge is -2.18. The topological polar surface area (TPSA) is 101 Å². The highest BCUT2D eigenvalue weighted by Crippen LogP contribution is 2.12. The first-order chi connectivity index (χ1) is 7.74. The zero-order chi connectivity index (χ0) is 13.6. The van der Waals surface area contributed by atoms with Crippen LogP contribution in [0.2, 0.25) is 0 Å². The molecule has 2 N–H and O–H groups in total. The molecule has 100 valence electrons. The molecule has 0 fully saturated rings. The SMILES string of the molecule is CCC(CC)S(=O)(=O)C[C@H](NC(C)=O)C(=O)O. The van der Waals surface area contributed by atoms with Gasteiger partial charge >= 0.3 is 5.97 Å². The second-order valence-corrected chi connectivity index (χ2v) is 6.19. The Morgan fingerprint density at radius 3 is 2.00 bits per heavy atom. The first-order valence-corrected chi connectivity index (χ1v) is 7.17. The lowest BCUT2D eigenvalue weighted by atomic mass is 10.3. The minimum Gasteiger partial charge on any atom is -0.480 e. The molecule has 0 aromatic carbocycles. The monoisotopic (exact) mass is 265 g/mol. The Morgan fingerprint density at radius 1 is 1.24 bits per heavy atom. The summed E-state index contributed by atoms with van der Waals surface area (Å²) in [5.74, 6) is -2.46. The highest BCUT2D eigenvalue weighted by molar-refractivity contribution is 7.92. The number of amides is 1. The molecule has 0 saturated carbocycles. The number of hydrogen-bond donors (Lipinski definition) is 2. The van der Waals surface area contributed by atoms with Crippen LogP contribution in [0.1, 0.15) is 33.6 Å². The lowest BCUT2D eigenvalue weighted by molar-refractivity contribution is -0.140. The standard InChI is InChI=1S/C10H19NO5S/c1-4-8(5-2)17(15,16)6-9(10(13)14)11-7(3)12/h8-9H,4-6H2,1-3H3,(H,11,12)(H,13,14)/t9-/m0/s1. The van der Waals surface area contributed by atoms with Crippen LogP contribution in [0.5, 0.6) is 0 Å². The number of carbonyl (C=O) groups excluding carboxylic acids is 1. The van der Waals surface area contributed by atoms with Gasteiger partial charge in [-0.05, 0) is 12.8 Å². The molecular formula is C10H19NO5S. The smallest absolute Gasteiger partial charge is 0.327 e. The molecule has 0 aliphatic carbocycles. The molecule has 0 unspecified atom stereocenters. The summed E-state index contributed by atoms with van der Waals surface area (Å²) >= 11 is 0. The third kappa shape index (κ3) is 5.16. The van der Waals surface area contributed by atoms with Gasteiger partial charge < -0.3 is 10.4 Å². The van der Waals surface area contributed by atoms with Crippen molar-refractivity contribution in [1.82, 2.24) is 5.32 Å². The molecule has 0 aromatic rings. The van der Waals surface area contributed by atoms with Crippen molar-refractivity contribution >= 4 is 21.7 Å². The number of rotatable bonds is 7. The number of hydrogen-bond acceptors (Lipinski definition) is 4. The number of nitrogens with one attached hydrogen (secondary N) is 1. The van der Waals surface area contributed by atoms with E-state index in [4.69, 9.17) is 5.11 Å². The molecule has 1 amide bonds. The molecule has 0 rings (SSSR count). The number of aliphatic carboxylic acids is 1. The maximum atomic E-state index is 11.9. The minimum atomic E-state index is -3.51. The van der Waals surface area contributed by atoms with Gasteiger partial charge in [-0.2, -0.15) is 0 Å². The Hall–Kier alpha value is -1.11. The van der Waals surface area contributed by atoms with Crippen molar-refractivity contribution in [2.45, 2.75) is 44.9 Å². The number of carboxylic acids is 1. The third-order valence-electron chi connectivity index (χ3n) is 2.49. The van der Waals surface area contributed by atoms with Gasteiger partial charge in [-0.15, -0.1) is 0 Å². The summed E-state index contributed by atoms with van der Waals surface area (Å²) in [5.41, 5.74) is 0. The maximum absolute atomic E-state index is 11.9. The minimum absolute atomic E-state index is 0.436. The van der Waals surface area contributed by atoms with E-state index in [1.54, 1.807) is 13.8 Å². The van der Waals surface area contributed by atoms with Crippen LogP contribution in [0.25, 0.3) is 0 Å².